The van der Waals surface area contributed by atoms with E-state index in [1.54, 1.807) is 30.3 Å². The molecule has 0 bridgehead atoms. The predicted octanol–water partition coefficient (Wildman–Crippen LogP) is 3.10. The van der Waals surface area contributed by atoms with Gasteiger partial charge < -0.3 is 5.32 Å². The van der Waals surface area contributed by atoms with Crippen molar-refractivity contribution < 1.29 is 13.2 Å². The van der Waals surface area contributed by atoms with Crippen LogP contribution >= 0.6 is 11.6 Å². The topological polar surface area (TPSA) is 75.3 Å². The van der Waals surface area contributed by atoms with Crippen molar-refractivity contribution in [2.45, 2.75) is 11.8 Å². The summed E-state index contributed by atoms with van der Waals surface area (Å²) in [7, 11) is -3.78. The molecule has 2 N–H and O–H groups in total. The number of rotatable bonds is 4. The summed E-state index contributed by atoms with van der Waals surface area (Å²) in [6, 6.07) is 12.6. The fraction of sp³-hybridized carbons (Fsp3) is 0.0714. The van der Waals surface area contributed by atoms with Gasteiger partial charge in [-0.1, -0.05) is 29.8 Å². The molecule has 0 radical (unpaired) electrons. The summed E-state index contributed by atoms with van der Waals surface area (Å²) in [5.74, 6) is -0.235. The largest absolute Gasteiger partial charge is 0.326 e. The predicted molar refractivity (Wildman–Crippen MR) is 83.0 cm³/mol. The van der Waals surface area contributed by atoms with E-state index in [0.717, 1.165) is 0 Å². The lowest BCUT2D eigenvalue weighted by Gasteiger charge is -2.10. The van der Waals surface area contributed by atoms with Crippen LogP contribution in [0.15, 0.2) is 53.4 Å². The Labute approximate surface area is 128 Å². The molecule has 0 heterocycles. The van der Waals surface area contributed by atoms with E-state index >= 15 is 0 Å². The smallest absolute Gasteiger partial charge is 0.263 e. The first-order valence-corrected chi connectivity index (χ1v) is 7.89. The van der Waals surface area contributed by atoms with E-state index in [0.29, 0.717) is 11.4 Å². The third-order valence-electron chi connectivity index (χ3n) is 2.56. The van der Waals surface area contributed by atoms with Crippen molar-refractivity contribution in [2.75, 3.05) is 10.0 Å². The van der Waals surface area contributed by atoms with Crippen LogP contribution in [-0.2, 0) is 14.8 Å². The molecule has 0 saturated carbocycles. The van der Waals surface area contributed by atoms with Gasteiger partial charge >= 0.3 is 0 Å². The lowest BCUT2D eigenvalue weighted by molar-refractivity contribution is -0.114. The standard InChI is InChI=1S/C14H13ClN2O3S/c1-10(18)16-11-5-4-6-12(9-11)17-21(19,20)14-8-3-2-7-13(14)15/h2-9,17H,1H3,(H,16,18). The number of anilines is 2. The number of carbonyl (C=O) groups is 1. The summed E-state index contributed by atoms with van der Waals surface area (Å²) >= 11 is 5.90. The highest BCUT2D eigenvalue weighted by atomic mass is 35.5. The summed E-state index contributed by atoms with van der Waals surface area (Å²) in [6.45, 7) is 1.38. The Kier molecular flexibility index (Phi) is 4.50. The first-order chi connectivity index (χ1) is 9.88. The Bertz CT molecular complexity index is 775. The second-order valence-corrected chi connectivity index (χ2v) is 6.36. The summed E-state index contributed by atoms with van der Waals surface area (Å²) in [6.07, 6.45) is 0. The number of amides is 1. The zero-order valence-electron chi connectivity index (χ0n) is 11.1. The van der Waals surface area contributed by atoms with Gasteiger partial charge in [0.25, 0.3) is 10.0 Å². The van der Waals surface area contributed by atoms with E-state index in [4.69, 9.17) is 11.6 Å². The van der Waals surface area contributed by atoms with Gasteiger partial charge in [0.15, 0.2) is 0 Å². The number of sulfonamides is 1. The van der Waals surface area contributed by atoms with Crippen molar-refractivity contribution in [2.24, 2.45) is 0 Å². The number of nitrogens with one attached hydrogen (secondary N) is 2. The molecule has 110 valence electrons. The molecule has 2 rings (SSSR count). The van der Waals surface area contributed by atoms with Crippen LogP contribution in [-0.4, -0.2) is 14.3 Å². The molecular weight excluding hydrogens is 312 g/mol. The van der Waals surface area contributed by atoms with Crippen molar-refractivity contribution in [3.05, 3.63) is 53.6 Å². The van der Waals surface area contributed by atoms with Crippen molar-refractivity contribution in [1.82, 2.24) is 0 Å². The molecule has 0 atom stereocenters. The van der Waals surface area contributed by atoms with E-state index in [-0.39, 0.29) is 15.8 Å². The molecule has 21 heavy (non-hydrogen) atoms. The van der Waals surface area contributed by atoms with Crippen LogP contribution in [0.2, 0.25) is 5.02 Å². The first-order valence-electron chi connectivity index (χ1n) is 6.03. The van der Waals surface area contributed by atoms with Crippen LogP contribution in [0.5, 0.6) is 0 Å². The van der Waals surface area contributed by atoms with Crippen LogP contribution in [0.25, 0.3) is 0 Å². The molecule has 0 aliphatic carbocycles. The maximum Gasteiger partial charge on any atom is 0.263 e. The van der Waals surface area contributed by atoms with E-state index in [1.807, 2.05) is 0 Å². The monoisotopic (exact) mass is 324 g/mol. The lowest BCUT2D eigenvalue weighted by Crippen LogP contribution is -2.14. The normalized spacial score (nSPS) is 11.0. The van der Waals surface area contributed by atoms with E-state index < -0.39 is 10.0 Å². The number of carbonyl (C=O) groups excluding carboxylic acids is 1. The fourth-order valence-electron chi connectivity index (χ4n) is 1.74. The van der Waals surface area contributed by atoms with Gasteiger partial charge in [-0.05, 0) is 30.3 Å². The molecule has 0 spiro atoms. The van der Waals surface area contributed by atoms with Gasteiger partial charge in [-0.25, -0.2) is 8.42 Å². The van der Waals surface area contributed by atoms with Gasteiger partial charge in [0.2, 0.25) is 5.91 Å². The molecule has 0 aliphatic rings. The Morgan fingerprint density at radius 2 is 1.71 bits per heavy atom. The summed E-state index contributed by atoms with van der Waals surface area (Å²) in [5, 5.41) is 2.72. The third-order valence-corrected chi connectivity index (χ3v) is 4.44. The molecule has 2 aromatic rings. The van der Waals surface area contributed by atoms with Crippen LogP contribution in [0.4, 0.5) is 11.4 Å². The van der Waals surface area contributed by atoms with E-state index in [1.165, 1.54) is 25.1 Å². The van der Waals surface area contributed by atoms with Gasteiger partial charge in [0, 0.05) is 12.6 Å². The molecule has 7 heteroatoms. The van der Waals surface area contributed by atoms with Crippen LogP contribution in [0, 0.1) is 0 Å². The van der Waals surface area contributed by atoms with Crippen molar-refractivity contribution in [1.29, 1.82) is 0 Å². The highest BCUT2D eigenvalue weighted by molar-refractivity contribution is 7.92. The number of hydrogen-bond acceptors (Lipinski definition) is 3. The maximum atomic E-state index is 12.3. The van der Waals surface area contributed by atoms with Gasteiger partial charge in [0.05, 0.1) is 10.7 Å². The molecule has 0 unspecified atom stereocenters. The number of hydrogen-bond donors (Lipinski definition) is 2. The van der Waals surface area contributed by atoms with Gasteiger partial charge in [0.1, 0.15) is 4.90 Å². The number of halogens is 1. The zero-order chi connectivity index (χ0) is 15.5. The highest BCUT2D eigenvalue weighted by Crippen LogP contribution is 2.24. The fourth-order valence-corrected chi connectivity index (χ4v) is 3.31. The summed E-state index contributed by atoms with van der Waals surface area (Å²) in [4.78, 5) is 11.0. The van der Waals surface area contributed by atoms with Gasteiger partial charge in [-0.15, -0.1) is 0 Å². The SMILES string of the molecule is CC(=O)Nc1cccc(NS(=O)(=O)c2ccccc2Cl)c1. The molecule has 5 nitrogen and oxygen atoms in total. The Hall–Kier alpha value is -2.05. The molecule has 0 saturated heterocycles. The summed E-state index contributed by atoms with van der Waals surface area (Å²) in [5.41, 5.74) is 0.836. The molecule has 0 aromatic heterocycles. The van der Waals surface area contributed by atoms with Crippen LogP contribution < -0.4 is 10.0 Å². The van der Waals surface area contributed by atoms with Gasteiger partial charge in [-0.3, -0.25) is 9.52 Å². The van der Waals surface area contributed by atoms with Crippen LogP contribution in [0.1, 0.15) is 6.92 Å². The van der Waals surface area contributed by atoms with Gasteiger partial charge in [-0.2, -0.15) is 0 Å². The Balaban J connectivity index is 2.29. The third kappa shape index (κ3) is 3.96. The minimum Gasteiger partial charge on any atom is -0.326 e. The van der Waals surface area contributed by atoms with E-state index in [9.17, 15) is 13.2 Å². The molecule has 2 aromatic carbocycles. The number of benzene rings is 2. The molecule has 0 aliphatic heterocycles. The Morgan fingerprint density at radius 3 is 2.38 bits per heavy atom. The first kappa shape index (κ1) is 15.3. The van der Waals surface area contributed by atoms with E-state index in [2.05, 4.69) is 10.0 Å². The average molecular weight is 325 g/mol. The van der Waals surface area contributed by atoms with Crippen molar-refractivity contribution in [3.8, 4) is 0 Å². The minimum absolute atomic E-state index is 0.00315. The average Bonchev–Trinajstić information content (AvgIpc) is 2.38. The second-order valence-electron chi connectivity index (χ2n) is 4.30. The highest BCUT2D eigenvalue weighted by Gasteiger charge is 2.17. The summed E-state index contributed by atoms with van der Waals surface area (Å²) < 4.78 is 27.0. The Morgan fingerprint density at radius 1 is 1.05 bits per heavy atom. The molecular formula is C14H13ClN2O3S. The van der Waals surface area contributed by atoms with Crippen molar-refractivity contribution in [3.63, 3.8) is 0 Å². The van der Waals surface area contributed by atoms with Crippen LogP contribution in [0.3, 0.4) is 0 Å². The quantitative estimate of drug-likeness (QED) is 0.907. The maximum absolute atomic E-state index is 12.3. The van der Waals surface area contributed by atoms with Crippen molar-refractivity contribution >= 4 is 38.9 Å². The second kappa shape index (κ2) is 6.15. The minimum atomic E-state index is -3.78. The molecule has 0 fully saturated rings. The molecule has 1 amide bonds. The zero-order valence-corrected chi connectivity index (χ0v) is 12.7. The lowest BCUT2D eigenvalue weighted by atomic mass is 10.3.